The number of fused-ring (bicyclic) bond motifs is 1. The lowest BCUT2D eigenvalue weighted by molar-refractivity contribution is 0.100. The van der Waals surface area contributed by atoms with Crippen molar-refractivity contribution in [1.29, 1.82) is 0 Å². The quantitative estimate of drug-likeness (QED) is 0.913. The molecule has 5 nitrogen and oxygen atoms in total. The monoisotopic (exact) mass is 307 g/mol. The van der Waals surface area contributed by atoms with Crippen LogP contribution >= 0.6 is 22.7 Å². The van der Waals surface area contributed by atoms with Crippen molar-refractivity contribution in [2.24, 2.45) is 5.73 Å². The van der Waals surface area contributed by atoms with Crippen molar-refractivity contribution in [3.63, 3.8) is 0 Å². The highest BCUT2D eigenvalue weighted by molar-refractivity contribution is 7.17. The van der Waals surface area contributed by atoms with Crippen LogP contribution in [0.3, 0.4) is 0 Å². The molecule has 0 fully saturated rings. The summed E-state index contributed by atoms with van der Waals surface area (Å²) in [5.41, 5.74) is 8.93. The van der Waals surface area contributed by atoms with E-state index in [0.717, 1.165) is 31.2 Å². The molecule has 0 bridgehead atoms. The molecule has 1 aliphatic carbocycles. The molecule has 104 valence electrons. The lowest BCUT2D eigenvalue weighted by Gasteiger charge is -2.11. The zero-order chi connectivity index (χ0) is 14.1. The third-order valence-electron chi connectivity index (χ3n) is 3.31. The van der Waals surface area contributed by atoms with Crippen LogP contribution in [0.15, 0.2) is 10.9 Å². The van der Waals surface area contributed by atoms with Crippen molar-refractivity contribution >= 4 is 39.5 Å². The van der Waals surface area contributed by atoms with E-state index in [4.69, 9.17) is 5.73 Å². The smallest absolute Gasteiger partial charge is 0.275 e. The van der Waals surface area contributed by atoms with Gasteiger partial charge in [0, 0.05) is 10.3 Å². The number of thiazole rings is 1. The van der Waals surface area contributed by atoms with Gasteiger partial charge in [0.15, 0.2) is 0 Å². The first-order chi connectivity index (χ1) is 9.66. The molecular formula is C13H13N3O2S2. The maximum absolute atomic E-state index is 12.1. The minimum Gasteiger partial charge on any atom is -0.365 e. The van der Waals surface area contributed by atoms with Gasteiger partial charge in [0.2, 0.25) is 0 Å². The van der Waals surface area contributed by atoms with Crippen molar-refractivity contribution in [3.8, 4) is 0 Å². The number of carbonyl (C=O) groups is 2. The number of aryl methyl sites for hydroxylation is 1. The molecule has 0 atom stereocenters. The molecule has 0 spiro atoms. The Labute approximate surface area is 123 Å². The number of amides is 2. The molecule has 2 heterocycles. The van der Waals surface area contributed by atoms with Crippen molar-refractivity contribution in [2.45, 2.75) is 25.7 Å². The number of thiophene rings is 1. The number of nitrogens with one attached hydrogen (secondary N) is 1. The SMILES string of the molecule is NC(=O)c1c(NC(=O)c2cscn2)sc2c1CCCC2. The van der Waals surface area contributed by atoms with Crippen LogP contribution in [0.1, 0.15) is 44.1 Å². The fraction of sp³-hybridized carbons (Fsp3) is 0.308. The predicted octanol–water partition coefficient (Wildman–Crippen LogP) is 2.43. The van der Waals surface area contributed by atoms with Crippen LogP contribution in [0.4, 0.5) is 5.00 Å². The molecular weight excluding hydrogens is 294 g/mol. The average Bonchev–Trinajstić information content (AvgIpc) is 3.05. The van der Waals surface area contributed by atoms with E-state index in [1.165, 1.54) is 27.6 Å². The maximum atomic E-state index is 12.1. The Morgan fingerprint density at radius 1 is 1.30 bits per heavy atom. The first kappa shape index (κ1) is 13.3. The van der Waals surface area contributed by atoms with Gasteiger partial charge in [0.1, 0.15) is 10.7 Å². The number of anilines is 1. The number of rotatable bonds is 3. The lowest BCUT2D eigenvalue weighted by atomic mass is 9.95. The summed E-state index contributed by atoms with van der Waals surface area (Å²) in [4.78, 5) is 28.9. The third kappa shape index (κ3) is 2.34. The molecule has 2 amide bonds. The van der Waals surface area contributed by atoms with Gasteiger partial charge in [-0.3, -0.25) is 9.59 Å². The number of hydrogen-bond donors (Lipinski definition) is 2. The summed E-state index contributed by atoms with van der Waals surface area (Å²) in [5.74, 6) is -0.773. The molecule has 0 saturated carbocycles. The Kier molecular flexibility index (Phi) is 3.54. The molecule has 0 saturated heterocycles. The van der Waals surface area contributed by atoms with Crippen molar-refractivity contribution < 1.29 is 9.59 Å². The van der Waals surface area contributed by atoms with E-state index in [0.29, 0.717) is 16.3 Å². The molecule has 0 radical (unpaired) electrons. The highest BCUT2D eigenvalue weighted by atomic mass is 32.1. The summed E-state index contributed by atoms with van der Waals surface area (Å²) in [5, 5.41) is 5.01. The highest BCUT2D eigenvalue weighted by Crippen LogP contribution is 2.38. The molecule has 3 N–H and O–H groups in total. The third-order valence-corrected chi connectivity index (χ3v) is 5.10. The van der Waals surface area contributed by atoms with Crippen LogP contribution in [-0.2, 0) is 12.8 Å². The van der Waals surface area contributed by atoms with Crippen molar-refractivity contribution in [2.75, 3.05) is 5.32 Å². The molecule has 2 aromatic rings. The molecule has 0 unspecified atom stereocenters. The van der Waals surface area contributed by atoms with Crippen LogP contribution in [0.2, 0.25) is 0 Å². The zero-order valence-electron chi connectivity index (χ0n) is 10.6. The van der Waals surface area contributed by atoms with Crippen LogP contribution < -0.4 is 11.1 Å². The first-order valence-corrected chi connectivity index (χ1v) is 8.06. The molecule has 1 aliphatic rings. The maximum Gasteiger partial charge on any atom is 0.275 e. The van der Waals surface area contributed by atoms with Gasteiger partial charge in [-0.1, -0.05) is 0 Å². The van der Waals surface area contributed by atoms with Gasteiger partial charge in [-0.05, 0) is 31.2 Å². The van der Waals surface area contributed by atoms with E-state index >= 15 is 0 Å². The largest absolute Gasteiger partial charge is 0.365 e. The second-order valence-electron chi connectivity index (χ2n) is 4.61. The highest BCUT2D eigenvalue weighted by Gasteiger charge is 2.25. The predicted molar refractivity (Wildman–Crippen MR) is 79.5 cm³/mol. The Morgan fingerprint density at radius 2 is 2.10 bits per heavy atom. The van der Waals surface area contributed by atoms with Crippen LogP contribution in [0.5, 0.6) is 0 Å². The van der Waals surface area contributed by atoms with Crippen LogP contribution in [-0.4, -0.2) is 16.8 Å². The number of aromatic nitrogens is 1. The van der Waals surface area contributed by atoms with Gasteiger partial charge in [-0.2, -0.15) is 0 Å². The number of carbonyl (C=O) groups excluding carboxylic acids is 2. The van der Waals surface area contributed by atoms with Gasteiger partial charge >= 0.3 is 0 Å². The Bertz CT molecular complexity index is 661. The number of hydrogen-bond acceptors (Lipinski definition) is 5. The van der Waals surface area contributed by atoms with Gasteiger partial charge in [-0.15, -0.1) is 22.7 Å². The molecule has 3 rings (SSSR count). The van der Waals surface area contributed by atoms with Gasteiger partial charge in [0.25, 0.3) is 11.8 Å². The Morgan fingerprint density at radius 3 is 2.80 bits per heavy atom. The summed E-state index contributed by atoms with van der Waals surface area (Å²) >= 11 is 2.81. The second kappa shape index (κ2) is 5.34. The number of primary amides is 1. The van der Waals surface area contributed by atoms with Crippen molar-refractivity contribution in [3.05, 3.63) is 32.6 Å². The fourth-order valence-electron chi connectivity index (χ4n) is 2.41. The summed E-state index contributed by atoms with van der Waals surface area (Å²) < 4.78 is 0. The van der Waals surface area contributed by atoms with E-state index in [1.54, 1.807) is 10.9 Å². The number of nitrogens with two attached hydrogens (primary N) is 1. The first-order valence-electron chi connectivity index (χ1n) is 6.30. The van der Waals surface area contributed by atoms with Gasteiger partial charge in [0.05, 0.1) is 11.1 Å². The average molecular weight is 307 g/mol. The van der Waals surface area contributed by atoms with E-state index in [1.807, 2.05) is 0 Å². The summed E-state index contributed by atoms with van der Waals surface area (Å²) in [6.07, 6.45) is 3.98. The molecule has 0 aromatic carbocycles. The minimum absolute atomic E-state index is 0.299. The van der Waals surface area contributed by atoms with E-state index in [9.17, 15) is 9.59 Å². The normalized spacial score (nSPS) is 13.8. The minimum atomic E-state index is -0.474. The molecule has 7 heteroatoms. The summed E-state index contributed by atoms with van der Waals surface area (Å²) in [6.45, 7) is 0. The summed E-state index contributed by atoms with van der Waals surface area (Å²) in [6, 6.07) is 0. The Hall–Kier alpha value is -1.73. The van der Waals surface area contributed by atoms with Crippen LogP contribution in [0, 0.1) is 0 Å². The number of nitrogens with zero attached hydrogens (tertiary/aromatic N) is 1. The van der Waals surface area contributed by atoms with Crippen molar-refractivity contribution in [1.82, 2.24) is 4.98 Å². The van der Waals surface area contributed by atoms with E-state index in [2.05, 4.69) is 10.3 Å². The molecule has 0 aliphatic heterocycles. The lowest BCUT2D eigenvalue weighted by Crippen LogP contribution is -2.18. The molecule has 20 heavy (non-hydrogen) atoms. The zero-order valence-corrected chi connectivity index (χ0v) is 12.3. The van der Waals surface area contributed by atoms with E-state index in [-0.39, 0.29) is 5.91 Å². The van der Waals surface area contributed by atoms with Gasteiger partial charge in [-0.25, -0.2) is 4.98 Å². The summed E-state index contributed by atoms with van der Waals surface area (Å²) in [7, 11) is 0. The second-order valence-corrected chi connectivity index (χ2v) is 6.43. The standard InChI is InChI=1S/C13H13N3O2S2/c14-11(17)10-7-3-1-2-4-9(7)20-13(10)16-12(18)8-5-19-6-15-8/h5-6H,1-4H2,(H2,14,17)(H,16,18). The fourth-order valence-corrected chi connectivity index (χ4v) is 4.23. The van der Waals surface area contributed by atoms with E-state index < -0.39 is 5.91 Å². The topological polar surface area (TPSA) is 85.1 Å². The molecule has 2 aromatic heterocycles. The Balaban J connectivity index is 1.95. The van der Waals surface area contributed by atoms with Crippen LogP contribution in [0.25, 0.3) is 0 Å². The van der Waals surface area contributed by atoms with Gasteiger partial charge < -0.3 is 11.1 Å².